The molecule has 0 aliphatic carbocycles. The molecule has 150 valence electrons. The van der Waals surface area contributed by atoms with Crippen LogP contribution in [0.5, 0.6) is 0 Å². The SMILES string of the molecule is CCC(C)NS(=O)(=O)c1ccc(C(=O)NC2(CC(=O)O)CCOCC2)cc1. The lowest BCUT2D eigenvalue weighted by atomic mass is 9.86. The van der Waals surface area contributed by atoms with E-state index in [4.69, 9.17) is 9.84 Å². The number of carbonyl (C=O) groups excluding carboxylic acids is 1. The molecule has 1 aliphatic heterocycles. The van der Waals surface area contributed by atoms with Gasteiger partial charge in [-0.1, -0.05) is 6.92 Å². The van der Waals surface area contributed by atoms with Gasteiger partial charge in [0.15, 0.2) is 0 Å². The van der Waals surface area contributed by atoms with E-state index in [1.54, 1.807) is 6.92 Å². The van der Waals surface area contributed by atoms with E-state index < -0.39 is 27.4 Å². The van der Waals surface area contributed by atoms with E-state index in [0.717, 1.165) is 0 Å². The number of sulfonamides is 1. The third kappa shape index (κ3) is 5.75. The Kier molecular flexibility index (Phi) is 6.96. The van der Waals surface area contributed by atoms with Crippen molar-refractivity contribution in [3.8, 4) is 0 Å². The zero-order valence-corrected chi connectivity index (χ0v) is 16.3. The number of carboxylic acid groups (broad SMARTS) is 1. The summed E-state index contributed by atoms with van der Waals surface area (Å²) in [6, 6.07) is 5.39. The molecule has 27 heavy (non-hydrogen) atoms. The molecule has 1 aliphatic rings. The van der Waals surface area contributed by atoms with E-state index in [9.17, 15) is 18.0 Å². The second kappa shape index (κ2) is 8.81. The molecule has 9 heteroatoms. The highest BCUT2D eigenvalue weighted by Crippen LogP contribution is 2.25. The smallest absolute Gasteiger partial charge is 0.305 e. The van der Waals surface area contributed by atoms with E-state index in [2.05, 4.69) is 10.0 Å². The van der Waals surface area contributed by atoms with Gasteiger partial charge in [0, 0.05) is 24.8 Å². The van der Waals surface area contributed by atoms with Gasteiger partial charge < -0.3 is 15.2 Å². The number of aliphatic carboxylic acids is 1. The summed E-state index contributed by atoms with van der Waals surface area (Å²) in [5.41, 5.74) is -0.585. The number of carboxylic acids is 1. The standard InChI is InChI=1S/C18H26N2O6S/c1-3-13(2)20-27(24,25)15-6-4-14(5-7-15)17(23)19-18(12-16(21)22)8-10-26-11-9-18/h4-7,13,20H,3,8-12H2,1-2H3,(H,19,23)(H,21,22). The van der Waals surface area contributed by atoms with Crippen LogP contribution >= 0.6 is 0 Å². The summed E-state index contributed by atoms with van der Waals surface area (Å²) in [5, 5.41) is 12.0. The Hall–Kier alpha value is -1.97. The Balaban J connectivity index is 2.13. The predicted octanol–water partition coefficient (Wildman–Crippen LogP) is 1.52. The molecule has 1 heterocycles. The fourth-order valence-electron chi connectivity index (χ4n) is 2.91. The molecule has 1 unspecified atom stereocenters. The number of hydrogen-bond acceptors (Lipinski definition) is 5. The zero-order valence-electron chi connectivity index (χ0n) is 15.5. The number of carbonyl (C=O) groups is 2. The second-order valence-corrected chi connectivity index (χ2v) is 8.59. The van der Waals surface area contributed by atoms with Gasteiger partial charge in [-0.2, -0.15) is 0 Å². The molecule has 0 spiro atoms. The minimum Gasteiger partial charge on any atom is -0.481 e. The van der Waals surface area contributed by atoms with Crippen molar-refractivity contribution in [3.05, 3.63) is 29.8 Å². The summed E-state index contributed by atoms with van der Waals surface area (Å²) >= 11 is 0. The monoisotopic (exact) mass is 398 g/mol. The maximum absolute atomic E-state index is 12.6. The van der Waals surface area contributed by atoms with Gasteiger partial charge in [0.2, 0.25) is 10.0 Å². The van der Waals surface area contributed by atoms with Crippen LogP contribution in [0.25, 0.3) is 0 Å². The van der Waals surface area contributed by atoms with Crippen LogP contribution in [-0.2, 0) is 19.6 Å². The van der Waals surface area contributed by atoms with Crippen molar-refractivity contribution in [2.24, 2.45) is 0 Å². The molecule has 0 aromatic heterocycles. The maximum Gasteiger partial charge on any atom is 0.305 e. The first-order valence-corrected chi connectivity index (χ1v) is 10.4. The van der Waals surface area contributed by atoms with Crippen molar-refractivity contribution in [2.45, 2.75) is 56.0 Å². The first kappa shape index (κ1) is 21.3. The van der Waals surface area contributed by atoms with Gasteiger partial charge in [-0.15, -0.1) is 0 Å². The summed E-state index contributed by atoms with van der Waals surface area (Å²) < 4.78 is 32.4. The Labute approximate surface area is 159 Å². The Bertz CT molecular complexity index is 770. The van der Waals surface area contributed by atoms with Crippen molar-refractivity contribution in [1.29, 1.82) is 0 Å². The van der Waals surface area contributed by atoms with E-state index in [-0.39, 0.29) is 22.9 Å². The molecule has 8 nitrogen and oxygen atoms in total. The highest BCUT2D eigenvalue weighted by molar-refractivity contribution is 7.89. The second-order valence-electron chi connectivity index (χ2n) is 6.87. The topological polar surface area (TPSA) is 122 Å². The minimum atomic E-state index is -3.65. The third-order valence-corrected chi connectivity index (χ3v) is 6.32. The van der Waals surface area contributed by atoms with E-state index in [1.807, 2.05) is 6.92 Å². The largest absolute Gasteiger partial charge is 0.481 e. The molecule has 1 atom stereocenters. The quantitative estimate of drug-likeness (QED) is 0.610. The van der Waals surface area contributed by atoms with Gasteiger partial charge >= 0.3 is 5.97 Å². The Morgan fingerprint density at radius 1 is 1.22 bits per heavy atom. The van der Waals surface area contributed by atoms with Crippen LogP contribution in [0.3, 0.4) is 0 Å². The highest BCUT2D eigenvalue weighted by Gasteiger charge is 2.36. The van der Waals surface area contributed by atoms with Crippen molar-refractivity contribution < 1.29 is 27.9 Å². The van der Waals surface area contributed by atoms with Gasteiger partial charge in [0.1, 0.15) is 0 Å². The van der Waals surface area contributed by atoms with E-state index in [0.29, 0.717) is 32.5 Å². The average molecular weight is 398 g/mol. The fourth-order valence-corrected chi connectivity index (χ4v) is 4.24. The molecule has 1 aromatic rings. The number of hydrogen-bond donors (Lipinski definition) is 3. The van der Waals surface area contributed by atoms with Crippen LogP contribution < -0.4 is 10.0 Å². The number of ether oxygens (including phenoxy) is 1. The lowest BCUT2D eigenvalue weighted by molar-refractivity contribution is -0.139. The van der Waals surface area contributed by atoms with Gasteiger partial charge in [0.05, 0.1) is 16.9 Å². The van der Waals surface area contributed by atoms with Gasteiger partial charge in [-0.25, -0.2) is 13.1 Å². The Morgan fingerprint density at radius 3 is 2.33 bits per heavy atom. The molecule has 2 rings (SSSR count). The lowest BCUT2D eigenvalue weighted by Crippen LogP contribution is -2.53. The number of amides is 1. The minimum absolute atomic E-state index is 0.0747. The van der Waals surface area contributed by atoms with Crippen molar-refractivity contribution in [3.63, 3.8) is 0 Å². The zero-order chi connectivity index (χ0) is 20.1. The van der Waals surface area contributed by atoms with Gasteiger partial charge in [-0.05, 0) is 50.5 Å². The molecule has 0 bridgehead atoms. The molecule has 0 saturated carbocycles. The molecule has 0 radical (unpaired) electrons. The summed E-state index contributed by atoms with van der Waals surface area (Å²) in [5.74, 6) is -1.42. The van der Waals surface area contributed by atoms with E-state index in [1.165, 1.54) is 24.3 Å². The van der Waals surface area contributed by atoms with Crippen LogP contribution in [0.1, 0.15) is 49.9 Å². The van der Waals surface area contributed by atoms with Gasteiger partial charge in [0.25, 0.3) is 5.91 Å². The molecule has 1 amide bonds. The summed E-state index contributed by atoms with van der Waals surface area (Å²) in [4.78, 5) is 23.8. The van der Waals surface area contributed by atoms with E-state index >= 15 is 0 Å². The number of rotatable bonds is 8. The summed E-state index contributed by atoms with van der Waals surface area (Å²) in [6.45, 7) is 4.41. The lowest BCUT2D eigenvalue weighted by Gasteiger charge is -2.36. The molecular formula is C18H26N2O6S. The first-order valence-electron chi connectivity index (χ1n) is 8.92. The van der Waals surface area contributed by atoms with Crippen molar-refractivity contribution in [1.82, 2.24) is 10.0 Å². The molecular weight excluding hydrogens is 372 g/mol. The average Bonchev–Trinajstić information content (AvgIpc) is 2.61. The van der Waals surface area contributed by atoms with Crippen molar-refractivity contribution >= 4 is 21.9 Å². The summed E-state index contributed by atoms with van der Waals surface area (Å²) in [7, 11) is -3.65. The fraction of sp³-hybridized carbons (Fsp3) is 0.556. The number of benzene rings is 1. The summed E-state index contributed by atoms with van der Waals surface area (Å²) in [6.07, 6.45) is 1.30. The van der Waals surface area contributed by atoms with Crippen LogP contribution in [0, 0.1) is 0 Å². The van der Waals surface area contributed by atoms with Gasteiger partial charge in [-0.3, -0.25) is 9.59 Å². The highest BCUT2D eigenvalue weighted by atomic mass is 32.2. The molecule has 1 saturated heterocycles. The van der Waals surface area contributed by atoms with Crippen molar-refractivity contribution in [2.75, 3.05) is 13.2 Å². The van der Waals surface area contributed by atoms with Crippen LogP contribution in [-0.4, -0.2) is 50.2 Å². The third-order valence-electron chi connectivity index (χ3n) is 4.71. The Morgan fingerprint density at radius 2 is 1.81 bits per heavy atom. The van der Waals surface area contributed by atoms with Crippen LogP contribution in [0.15, 0.2) is 29.2 Å². The van der Waals surface area contributed by atoms with Crippen LogP contribution in [0.2, 0.25) is 0 Å². The number of nitrogens with one attached hydrogen (secondary N) is 2. The first-order chi connectivity index (χ1) is 12.7. The predicted molar refractivity (Wildman–Crippen MR) is 99.0 cm³/mol. The maximum atomic E-state index is 12.6. The molecule has 1 fully saturated rings. The molecule has 1 aromatic carbocycles. The van der Waals surface area contributed by atoms with Crippen LogP contribution in [0.4, 0.5) is 0 Å². The molecule has 3 N–H and O–H groups in total. The normalized spacial score (nSPS) is 17.9.